The number of nitrogens with two attached hydrogens (primary N) is 2. The second-order valence-corrected chi connectivity index (χ2v) is 8.27. The lowest BCUT2D eigenvalue weighted by atomic mass is 9.85. The predicted octanol–water partition coefficient (Wildman–Crippen LogP) is 0.208. The van der Waals surface area contributed by atoms with E-state index >= 15 is 0 Å². The predicted molar refractivity (Wildman–Crippen MR) is 108 cm³/mol. The van der Waals surface area contributed by atoms with Crippen molar-refractivity contribution in [3.05, 3.63) is 0 Å². The van der Waals surface area contributed by atoms with Gasteiger partial charge in [-0.2, -0.15) is 0 Å². The van der Waals surface area contributed by atoms with E-state index in [-0.39, 0.29) is 18.2 Å². The van der Waals surface area contributed by atoms with Crippen LogP contribution in [-0.4, -0.2) is 53.5 Å². The second kappa shape index (κ2) is 12.1. The van der Waals surface area contributed by atoms with Crippen LogP contribution in [0.25, 0.3) is 0 Å². The molecule has 2 amide bonds. The summed E-state index contributed by atoms with van der Waals surface area (Å²) in [5.74, 6) is -1.05. The molecule has 162 valence electrons. The number of nitrogens with one attached hydrogen (secondary N) is 2. The average molecular weight is 399 g/mol. The molecule has 0 spiro atoms. The smallest absolute Gasteiger partial charge is 0.245 e. The molecule has 1 saturated carbocycles. The maximum atomic E-state index is 12.6. The largest absolute Gasteiger partial charge is 0.391 e. The highest BCUT2D eigenvalue weighted by molar-refractivity contribution is 5.94. The van der Waals surface area contributed by atoms with Gasteiger partial charge in [0.1, 0.15) is 6.04 Å². The van der Waals surface area contributed by atoms with Gasteiger partial charge < -0.3 is 27.2 Å². The number of carbonyl (C=O) groups excluding carboxylic acids is 3. The summed E-state index contributed by atoms with van der Waals surface area (Å²) in [6, 6.07) is -2.65. The molecular formula is C20H38N4O4. The van der Waals surface area contributed by atoms with E-state index in [1.54, 1.807) is 13.8 Å². The molecule has 1 aliphatic rings. The van der Waals surface area contributed by atoms with Crippen LogP contribution in [0.5, 0.6) is 0 Å². The Labute approximate surface area is 168 Å². The number of amides is 2. The van der Waals surface area contributed by atoms with Crippen LogP contribution in [-0.2, 0) is 14.4 Å². The van der Waals surface area contributed by atoms with Crippen LogP contribution >= 0.6 is 0 Å². The fourth-order valence-corrected chi connectivity index (χ4v) is 3.67. The molecule has 0 aromatic rings. The van der Waals surface area contributed by atoms with Crippen molar-refractivity contribution < 1.29 is 19.5 Å². The molecule has 1 rings (SSSR count). The molecular weight excluding hydrogens is 360 g/mol. The molecule has 8 nitrogen and oxygen atoms in total. The number of carbonyl (C=O) groups is 3. The molecule has 0 bridgehead atoms. The summed E-state index contributed by atoms with van der Waals surface area (Å²) in [6.45, 7) is 5.15. The summed E-state index contributed by atoms with van der Waals surface area (Å²) >= 11 is 0. The number of hydrogen-bond donors (Lipinski definition) is 5. The summed E-state index contributed by atoms with van der Waals surface area (Å²) < 4.78 is 0. The highest BCUT2D eigenvalue weighted by atomic mass is 16.3. The number of aliphatic hydroxyl groups is 1. The number of aliphatic hydroxyl groups excluding tert-OH is 1. The molecule has 8 heteroatoms. The number of hydrogen-bond acceptors (Lipinski definition) is 6. The standard InChI is InChI=1S/C20H38N4O4/c1-12(2)18(26)16(9-10-21)23-20(28)17(13(3)25)24-19(27)15(22)11-14-7-5-4-6-8-14/h12-17,25H,4-11,21-22H2,1-3H3,(H,23,28)(H,24,27)/t13?,15-,16-,17-/m0/s1. The molecule has 0 radical (unpaired) electrons. The maximum absolute atomic E-state index is 12.6. The van der Waals surface area contributed by atoms with Crippen molar-refractivity contribution in [3.8, 4) is 0 Å². The lowest BCUT2D eigenvalue weighted by molar-refractivity contribution is -0.135. The molecule has 1 unspecified atom stereocenters. The fraction of sp³-hybridized carbons (Fsp3) is 0.850. The Morgan fingerprint density at radius 3 is 2.14 bits per heavy atom. The molecule has 0 aromatic heterocycles. The van der Waals surface area contributed by atoms with Gasteiger partial charge in [0.2, 0.25) is 11.8 Å². The van der Waals surface area contributed by atoms with Gasteiger partial charge in [0.25, 0.3) is 0 Å². The molecule has 4 atom stereocenters. The lowest BCUT2D eigenvalue weighted by Gasteiger charge is -2.27. The van der Waals surface area contributed by atoms with Crippen LogP contribution < -0.4 is 22.1 Å². The van der Waals surface area contributed by atoms with Gasteiger partial charge in [0, 0.05) is 5.92 Å². The zero-order valence-corrected chi connectivity index (χ0v) is 17.4. The van der Waals surface area contributed by atoms with Crippen molar-refractivity contribution in [2.75, 3.05) is 6.54 Å². The maximum Gasteiger partial charge on any atom is 0.245 e. The second-order valence-electron chi connectivity index (χ2n) is 8.27. The first kappa shape index (κ1) is 24.5. The summed E-state index contributed by atoms with van der Waals surface area (Å²) in [5, 5.41) is 15.2. The van der Waals surface area contributed by atoms with Gasteiger partial charge in [-0.15, -0.1) is 0 Å². The van der Waals surface area contributed by atoms with Gasteiger partial charge in [-0.05, 0) is 32.2 Å². The Kier molecular flexibility index (Phi) is 10.6. The summed E-state index contributed by atoms with van der Waals surface area (Å²) in [4.78, 5) is 37.4. The molecule has 1 aliphatic carbocycles. The van der Waals surface area contributed by atoms with Crippen molar-refractivity contribution >= 4 is 17.6 Å². The zero-order chi connectivity index (χ0) is 21.3. The van der Waals surface area contributed by atoms with Crippen LogP contribution in [0.15, 0.2) is 0 Å². The van der Waals surface area contributed by atoms with E-state index in [0.29, 0.717) is 18.8 Å². The number of ketones is 1. The van der Waals surface area contributed by atoms with E-state index in [0.717, 1.165) is 25.7 Å². The van der Waals surface area contributed by atoms with Gasteiger partial charge in [-0.25, -0.2) is 0 Å². The minimum Gasteiger partial charge on any atom is -0.391 e. The minimum atomic E-state index is -1.18. The van der Waals surface area contributed by atoms with Crippen molar-refractivity contribution in [1.29, 1.82) is 0 Å². The third-order valence-corrected chi connectivity index (χ3v) is 5.40. The molecule has 0 aliphatic heterocycles. The normalized spacial score (nSPS) is 19.5. The number of rotatable bonds is 11. The third-order valence-electron chi connectivity index (χ3n) is 5.40. The molecule has 7 N–H and O–H groups in total. The first-order valence-corrected chi connectivity index (χ1v) is 10.5. The van der Waals surface area contributed by atoms with Crippen LogP contribution in [0.4, 0.5) is 0 Å². The molecule has 28 heavy (non-hydrogen) atoms. The van der Waals surface area contributed by atoms with Crippen LogP contribution in [0, 0.1) is 11.8 Å². The minimum absolute atomic E-state index is 0.136. The van der Waals surface area contributed by atoms with Gasteiger partial charge in [0.15, 0.2) is 5.78 Å². The molecule has 0 aromatic carbocycles. The molecule has 0 heterocycles. The highest BCUT2D eigenvalue weighted by Gasteiger charge is 2.32. The summed E-state index contributed by atoms with van der Waals surface area (Å²) in [7, 11) is 0. The van der Waals surface area contributed by atoms with E-state index in [9.17, 15) is 19.5 Å². The monoisotopic (exact) mass is 398 g/mol. The van der Waals surface area contributed by atoms with Crippen LogP contribution in [0.1, 0.15) is 65.7 Å². The Morgan fingerprint density at radius 2 is 1.64 bits per heavy atom. The topological polar surface area (TPSA) is 148 Å². The Hall–Kier alpha value is -1.51. The summed E-state index contributed by atoms with van der Waals surface area (Å²) in [5.41, 5.74) is 11.6. The highest BCUT2D eigenvalue weighted by Crippen LogP contribution is 2.27. The Bertz CT molecular complexity index is 518. The third kappa shape index (κ3) is 7.85. The van der Waals surface area contributed by atoms with Gasteiger partial charge in [0.05, 0.1) is 18.2 Å². The Balaban J connectivity index is 2.69. The van der Waals surface area contributed by atoms with Gasteiger partial charge in [-0.3, -0.25) is 14.4 Å². The average Bonchev–Trinajstić information content (AvgIpc) is 2.65. The van der Waals surface area contributed by atoms with E-state index in [1.807, 2.05) is 0 Å². The lowest BCUT2D eigenvalue weighted by Crippen LogP contribution is -2.58. The molecule has 0 saturated heterocycles. The number of Topliss-reactive ketones (excluding diaryl/α,β-unsaturated/α-hetero) is 1. The van der Waals surface area contributed by atoms with Crippen molar-refractivity contribution in [3.63, 3.8) is 0 Å². The van der Waals surface area contributed by atoms with Crippen molar-refractivity contribution in [2.45, 2.75) is 89.9 Å². The van der Waals surface area contributed by atoms with Crippen LogP contribution in [0.3, 0.4) is 0 Å². The quantitative estimate of drug-likeness (QED) is 0.336. The van der Waals surface area contributed by atoms with Gasteiger partial charge >= 0.3 is 0 Å². The van der Waals surface area contributed by atoms with Crippen LogP contribution in [0.2, 0.25) is 0 Å². The van der Waals surface area contributed by atoms with E-state index < -0.39 is 36.0 Å². The first-order valence-electron chi connectivity index (χ1n) is 10.5. The first-order chi connectivity index (χ1) is 13.2. The summed E-state index contributed by atoms with van der Waals surface area (Å²) in [6.07, 6.45) is 5.42. The Morgan fingerprint density at radius 1 is 1.04 bits per heavy atom. The van der Waals surface area contributed by atoms with E-state index in [1.165, 1.54) is 13.3 Å². The zero-order valence-electron chi connectivity index (χ0n) is 17.4. The van der Waals surface area contributed by atoms with Crippen molar-refractivity contribution in [2.24, 2.45) is 23.3 Å². The SMILES string of the molecule is CC(C)C(=O)[C@H](CCN)NC(=O)[C@@H](NC(=O)[C@@H](N)CC1CCCCC1)C(C)O. The molecule has 1 fully saturated rings. The van der Waals surface area contributed by atoms with E-state index in [2.05, 4.69) is 10.6 Å². The van der Waals surface area contributed by atoms with Crippen molar-refractivity contribution in [1.82, 2.24) is 10.6 Å². The van der Waals surface area contributed by atoms with E-state index in [4.69, 9.17) is 11.5 Å². The fourth-order valence-electron chi connectivity index (χ4n) is 3.67. The van der Waals surface area contributed by atoms with Gasteiger partial charge in [-0.1, -0.05) is 46.0 Å².